The molecule has 1 aromatic rings. The van der Waals surface area contributed by atoms with Crippen molar-refractivity contribution in [3.63, 3.8) is 0 Å². The van der Waals surface area contributed by atoms with Crippen LogP contribution >= 0.6 is 0 Å². The predicted octanol–water partition coefficient (Wildman–Crippen LogP) is 1.30. The molecule has 6 nitrogen and oxygen atoms in total. The molecular formula is C19H31N5O. The van der Waals surface area contributed by atoms with E-state index in [9.17, 15) is 0 Å². The van der Waals surface area contributed by atoms with Gasteiger partial charge in [0.05, 0.1) is 12.8 Å². The van der Waals surface area contributed by atoms with Crippen molar-refractivity contribution in [2.45, 2.75) is 44.2 Å². The predicted molar refractivity (Wildman–Crippen MR) is 99.9 cm³/mol. The molecule has 1 aromatic heterocycles. The number of hydrogen-bond donors (Lipinski definition) is 2. The number of guanidine groups is 1. The summed E-state index contributed by atoms with van der Waals surface area (Å²) in [4.78, 5) is 10.1. The molecule has 2 bridgehead atoms. The largest absolute Gasteiger partial charge is 0.469 e. The zero-order valence-corrected chi connectivity index (χ0v) is 15.1. The average molecular weight is 345 g/mol. The summed E-state index contributed by atoms with van der Waals surface area (Å²) in [6.07, 6.45) is 7.83. The van der Waals surface area contributed by atoms with E-state index >= 15 is 0 Å². The van der Waals surface area contributed by atoms with Crippen molar-refractivity contribution in [1.29, 1.82) is 0 Å². The Morgan fingerprint density at radius 1 is 1.20 bits per heavy atom. The Balaban J connectivity index is 1.32. The number of aliphatic imine (C=N–C) groups is 1. The molecule has 1 saturated carbocycles. The highest BCUT2D eigenvalue weighted by Crippen LogP contribution is 2.18. The summed E-state index contributed by atoms with van der Waals surface area (Å²) in [5, 5.41) is 7.17. The summed E-state index contributed by atoms with van der Waals surface area (Å²) in [7, 11) is 0. The lowest BCUT2D eigenvalue weighted by Gasteiger charge is -2.47. The lowest BCUT2D eigenvalue weighted by atomic mass is 10.1. The molecule has 5 rings (SSSR count). The van der Waals surface area contributed by atoms with Crippen molar-refractivity contribution in [2.75, 3.05) is 45.8 Å². The third kappa shape index (κ3) is 4.55. The van der Waals surface area contributed by atoms with Gasteiger partial charge in [0.15, 0.2) is 5.96 Å². The maximum Gasteiger partial charge on any atom is 0.191 e. The van der Waals surface area contributed by atoms with Gasteiger partial charge in [0.1, 0.15) is 5.76 Å². The molecule has 4 heterocycles. The summed E-state index contributed by atoms with van der Waals surface area (Å²) < 4.78 is 5.42. The Kier molecular flexibility index (Phi) is 5.57. The van der Waals surface area contributed by atoms with E-state index in [2.05, 4.69) is 20.4 Å². The molecule has 0 spiro atoms. The first kappa shape index (κ1) is 16.9. The average Bonchev–Trinajstić information content (AvgIpc) is 3.34. The van der Waals surface area contributed by atoms with Crippen LogP contribution in [0.3, 0.4) is 0 Å². The first-order valence-corrected chi connectivity index (χ1v) is 9.90. The topological polar surface area (TPSA) is 56.0 Å². The van der Waals surface area contributed by atoms with Gasteiger partial charge in [0, 0.05) is 57.8 Å². The van der Waals surface area contributed by atoms with Gasteiger partial charge in [-0.05, 0) is 25.0 Å². The smallest absolute Gasteiger partial charge is 0.191 e. The maximum absolute atomic E-state index is 5.42. The number of fused-ring (bicyclic) bond motifs is 3. The fraction of sp³-hybridized carbons (Fsp3) is 0.737. The second-order valence-corrected chi connectivity index (χ2v) is 7.56. The molecule has 1 unspecified atom stereocenters. The zero-order valence-electron chi connectivity index (χ0n) is 15.1. The van der Waals surface area contributed by atoms with Crippen molar-refractivity contribution >= 4 is 5.96 Å². The Labute approximate surface area is 150 Å². The molecule has 0 radical (unpaired) electrons. The van der Waals surface area contributed by atoms with Crippen LogP contribution in [0.5, 0.6) is 0 Å². The first-order chi connectivity index (χ1) is 12.4. The van der Waals surface area contributed by atoms with Crippen molar-refractivity contribution in [1.82, 2.24) is 20.4 Å². The van der Waals surface area contributed by atoms with Gasteiger partial charge in [-0.25, -0.2) is 0 Å². The van der Waals surface area contributed by atoms with E-state index in [0.717, 1.165) is 31.2 Å². The standard InChI is InChI=1S/C19H31N5O/c1-2-5-16(4-1)22-19(20-8-7-18-6-3-13-25-18)21-14-17-15-23-9-11-24(17)12-10-23/h3,6,13,16-17H,1-2,4-5,7-12,14-15H2,(H2,20,21,22). The molecule has 3 saturated heterocycles. The molecule has 3 aliphatic heterocycles. The summed E-state index contributed by atoms with van der Waals surface area (Å²) in [5.74, 6) is 2.01. The summed E-state index contributed by atoms with van der Waals surface area (Å²) in [5.41, 5.74) is 0. The summed E-state index contributed by atoms with van der Waals surface area (Å²) in [6, 6.07) is 5.14. The van der Waals surface area contributed by atoms with Gasteiger partial charge in [-0.15, -0.1) is 0 Å². The Bertz CT molecular complexity index is 544. The van der Waals surface area contributed by atoms with Crippen molar-refractivity contribution < 1.29 is 4.42 Å². The quantitative estimate of drug-likeness (QED) is 0.601. The van der Waals surface area contributed by atoms with E-state index in [0.29, 0.717) is 12.1 Å². The number of rotatable bonds is 6. The Morgan fingerprint density at radius 3 is 2.72 bits per heavy atom. The molecule has 1 aliphatic carbocycles. The van der Waals surface area contributed by atoms with Crippen LogP contribution in [0.4, 0.5) is 0 Å². The highest BCUT2D eigenvalue weighted by molar-refractivity contribution is 5.80. The summed E-state index contributed by atoms with van der Waals surface area (Å²) in [6.45, 7) is 7.79. The summed E-state index contributed by atoms with van der Waals surface area (Å²) >= 11 is 0. The molecule has 25 heavy (non-hydrogen) atoms. The second-order valence-electron chi connectivity index (χ2n) is 7.56. The van der Waals surface area contributed by atoms with Crippen LogP contribution in [0.25, 0.3) is 0 Å². The molecule has 0 amide bonds. The van der Waals surface area contributed by atoms with Crippen LogP contribution in [-0.4, -0.2) is 73.7 Å². The van der Waals surface area contributed by atoms with E-state index in [1.807, 2.05) is 12.1 Å². The molecule has 6 heteroatoms. The molecule has 4 fully saturated rings. The number of nitrogens with zero attached hydrogens (tertiary/aromatic N) is 3. The third-order valence-electron chi connectivity index (χ3n) is 5.79. The van der Waals surface area contributed by atoms with Crippen LogP contribution in [-0.2, 0) is 6.42 Å². The minimum atomic E-state index is 0.578. The lowest BCUT2D eigenvalue weighted by Crippen LogP contribution is -2.62. The van der Waals surface area contributed by atoms with Crippen LogP contribution in [0.15, 0.2) is 27.8 Å². The van der Waals surface area contributed by atoms with Crippen LogP contribution < -0.4 is 10.6 Å². The molecule has 138 valence electrons. The van der Waals surface area contributed by atoms with Gasteiger partial charge in [-0.3, -0.25) is 14.8 Å². The van der Waals surface area contributed by atoms with E-state index < -0.39 is 0 Å². The van der Waals surface area contributed by atoms with Gasteiger partial charge in [0.2, 0.25) is 0 Å². The third-order valence-corrected chi connectivity index (χ3v) is 5.79. The molecule has 1 atom stereocenters. The zero-order chi connectivity index (χ0) is 16.9. The monoisotopic (exact) mass is 345 g/mol. The van der Waals surface area contributed by atoms with Gasteiger partial charge < -0.3 is 15.1 Å². The Morgan fingerprint density at radius 2 is 2.04 bits per heavy atom. The van der Waals surface area contributed by atoms with Gasteiger partial charge >= 0.3 is 0 Å². The van der Waals surface area contributed by atoms with Crippen molar-refractivity contribution in [3.8, 4) is 0 Å². The molecule has 4 aliphatic rings. The number of piperazine rings is 3. The fourth-order valence-electron chi connectivity index (χ4n) is 4.27. The van der Waals surface area contributed by atoms with E-state index in [4.69, 9.17) is 9.41 Å². The number of nitrogens with one attached hydrogen (secondary N) is 2. The molecule has 0 aromatic carbocycles. The molecular weight excluding hydrogens is 314 g/mol. The number of furan rings is 1. The van der Waals surface area contributed by atoms with E-state index in [1.54, 1.807) is 6.26 Å². The van der Waals surface area contributed by atoms with Crippen LogP contribution in [0.2, 0.25) is 0 Å². The fourth-order valence-corrected chi connectivity index (χ4v) is 4.27. The Hall–Kier alpha value is -1.53. The maximum atomic E-state index is 5.42. The van der Waals surface area contributed by atoms with Crippen molar-refractivity contribution in [2.24, 2.45) is 4.99 Å². The SMILES string of the molecule is c1coc(CCNC(=NCC2CN3CCN2CC3)NC2CCCC2)c1. The highest BCUT2D eigenvalue weighted by atomic mass is 16.3. The normalized spacial score (nSPS) is 29.9. The minimum Gasteiger partial charge on any atom is -0.469 e. The first-order valence-electron chi connectivity index (χ1n) is 9.90. The second kappa shape index (κ2) is 8.23. The minimum absolute atomic E-state index is 0.578. The molecule has 2 N–H and O–H groups in total. The number of hydrogen-bond acceptors (Lipinski definition) is 4. The lowest BCUT2D eigenvalue weighted by molar-refractivity contribution is 0.0174. The van der Waals surface area contributed by atoms with Gasteiger partial charge in [-0.2, -0.15) is 0 Å². The van der Waals surface area contributed by atoms with E-state index in [1.165, 1.54) is 58.4 Å². The van der Waals surface area contributed by atoms with E-state index in [-0.39, 0.29) is 0 Å². The van der Waals surface area contributed by atoms with Crippen LogP contribution in [0, 0.1) is 0 Å². The van der Waals surface area contributed by atoms with Crippen molar-refractivity contribution in [3.05, 3.63) is 24.2 Å². The van der Waals surface area contributed by atoms with Crippen LogP contribution in [0.1, 0.15) is 31.4 Å². The highest BCUT2D eigenvalue weighted by Gasteiger charge is 2.31. The van der Waals surface area contributed by atoms with Gasteiger partial charge in [0.25, 0.3) is 0 Å². The van der Waals surface area contributed by atoms with Gasteiger partial charge in [-0.1, -0.05) is 12.8 Å².